The Hall–Kier alpha value is -13.6. The smallest absolute Gasteiger partial charge is 0.227 e. The Morgan fingerprint density at radius 3 is 0.882 bits per heavy atom. The monoisotopic (exact) mass is 1910 g/mol. The summed E-state index contributed by atoms with van der Waals surface area (Å²) in [7, 11) is 5.66. The van der Waals surface area contributed by atoms with E-state index >= 15 is 0 Å². The number of benzene rings is 10. The lowest BCUT2D eigenvalue weighted by Crippen LogP contribution is -2.30. The third-order valence-electron chi connectivity index (χ3n) is 21.5. The topological polar surface area (TPSA) is 285 Å². The standard InChI is InChI=1S/C26H29ClN4O.C23H25ClN4O.C22H22ClN3O2.C19H17ClN4O.C18H16ClN3/c27-24-8-3-2-7-21(24)19-23-14-15-28-26(30-23)29-22-12-10-20(11-13-22)25(32)9-6-18-31-16-4-1-5-17-31;1-28(2)15-5-8-22(29)17-9-11-19(12-10-17)26-23-25-14-13-20(27-23)16-18-6-3-4-7-21(18)24;1-28-14-4-7-21(27)16-8-10-18(11-9-16)25-22-24-13-12-19(26-22)15-17-5-2-3-6-20(17)23;1-13(25)22-15-6-8-16(9-7-15)23-19-21-11-10-17(24-19)12-14-4-2-3-5-18(14)20;1-13-6-8-15(9-7-13)21-18-20-11-10-16(22-18)12-14-4-2-3-5-17(14)19/h2-3,7-8,10-15H,1,4-6,9,16-19H2,(H,28,29,30);3-4,6-7,9-14H,5,8,15-16H2,1-2H3,(H,25,26,27);2-3,5-6,8-13H,4,7,14-15H2,1H3,(H,24,25,26);2-11H,12H2,1H3,(H,22,25)(H,21,23,24);2-11H,12H2,1H3,(H,20,21,22). The number of Topliss-reactive ketones (excluding diaryl/α,β-unsaturated/α-hetero) is 3. The number of hydrogen-bond donors (Lipinski definition) is 6. The number of rotatable bonds is 36. The molecule has 23 nitrogen and oxygen atoms in total. The maximum Gasteiger partial charge on any atom is 0.227 e. The molecule has 1 aliphatic rings. The van der Waals surface area contributed by atoms with Gasteiger partial charge in [-0.25, -0.2) is 49.8 Å². The highest BCUT2D eigenvalue weighted by Gasteiger charge is 2.17. The third-order valence-corrected chi connectivity index (χ3v) is 23.3. The molecule has 15 aromatic rings. The summed E-state index contributed by atoms with van der Waals surface area (Å²) in [5.41, 5.74) is 18.0. The van der Waals surface area contributed by atoms with E-state index in [9.17, 15) is 19.2 Å². The predicted molar refractivity (Wildman–Crippen MR) is 551 cm³/mol. The quantitative estimate of drug-likeness (QED) is 0.0157. The van der Waals surface area contributed by atoms with Crippen LogP contribution >= 0.6 is 58.0 Å². The van der Waals surface area contributed by atoms with Crippen molar-refractivity contribution in [2.45, 2.75) is 104 Å². The summed E-state index contributed by atoms with van der Waals surface area (Å²) < 4.78 is 4.98. The number of aromatic nitrogens is 10. The van der Waals surface area contributed by atoms with Crippen molar-refractivity contribution in [1.29, 1.82) is 0 Å². The Morgan fingerprint density at radius 2 is 0.603 bits per heavy atom. The van der Waals surface area contributed by atoms with Crippen LogP contribution in [0.2, 0.25) is 25.1 Å². The second-order valence-electron chi connectivity index (χ2n) is 32.5. The van der Waals surface area contributed by atoms with Gasteiger partial charge in [-0.05, 0) is 277 Å². The number of anilines is 11. The van der Waals surface area contributed by atoms with E-state index in [0.29, 0.717) is 93.3 Å². The number of aryl methyl sites for hydroxylation is 1. The number of amides is 1. The van der Waals surface area contributed by atoms with Gasteiger partial charge in [0.15, 0.2) is 17.3 Å². The number of hydrogen-bond acceptors (Lipinski definition) is 22. The van der Waals surface area contributed by atoms with Gasteiger partial charge in [-0.3, -0.25) is 19.2 Å². The molecule has 1 fully saturated rings. The van der Waals surface area contributed by atoms with Gasteiger partial charge in [0.25, 0.3) is 0 Å². The largest absolute Gasteiger partial charge is 0.385 e. The normalized spacial score (nSPS) is 11.5. The Bertz CT molecular complexity index is 6340. The lowest BCUT2D eigenvalue weighted by Gasteiger charge is -2.26. The molecular weight excluding hydrogens is 1810 g/mol. The first-order valence-electron chi connectivity index (χ1n) is 45.0. The minimum absolute atomic E-state index is 0.101. The maximum atomic E-state index is 12.5. The van der Waals surface area contributed by atoms with E-state index in [4.69, 9.17) is 62.7 Å². The number of piperidine rings is 1. The van der Waals surface area contributed by atoms with Crippen LogP contribution in [-0.2, 0) is 41.6 Å². The summed E-state index contributed by atoms with van der Waals surface area (Å²) in [6, 6.07) is 86.0. The molecule has 6 N–H and O–H groups in total. The van der Waals surface area contributed by atoms with Gasteiger partial charge in [-0.1, -0.05) is 173 Å². The van der Waals surface area contributed by atoms with Crippen LogP contribution in [0.25, 0.3) is 0 Å². The SMILES string of the molecule is CC(=O)Nc1ccc(Nc2nccc(Cc3ccccc3Cl)n2)cc1.CN(C)CCCC(=O)c1ccc(Nc2nccc(Cc3ccccc3Cl)n2)cc1.COCCCC(=O)c1ccc(Nc2nccc(Cc3ccccc3Cl)n2)cc1.Cc1ccc(Nc2nccc(Cc3ccccc3Cl)n2)cc1.O=C(CCCN1CCCCC1)c1ccc(Nc2nccc(Cc3ccccc3Cl)n2)cc1. The van der Waals surface area contributed by atoms with Crippen LogP contribution < -0.4 is 31.9 Å². The summed E-state index contributed by atoms with van der Waals surface area (Å²) in [6.45, 7) is 8.41. The zero-order valence-corrected chi connectivity index (χ0v) is 80.4. The van der Waals surface area contributed by atoms with Gasteiger partial charge in [0, 0.05) is 179 Å². The van der Waals surface area contributed by atoms with E-state index in [1.165, 1.54) is 44.8 Å². The Kier molecular flexibility index (Phi) is 40.3. The van der Waals surface area contributed by atoms with Gasteiger partial charge in [-0.2, -0.15) is 0 Å². The zero-order chi connectivity index (χ0) is 95.6. The lowest BCUT2D eigenvalue weighted by atomic mass is 10.1. The number of likely N-dealkylation sites (tertiary alicyclic amines) is 1. The van der Waals surface area contributed by atoms with Crippen molar-refractivity contribution in [3.05, 3.63) is 408 Å². The van der Waals surface area contributed by atoms with Crippen molar-refractivity contribution in [2.75, 3.05) is 85.9 Å². The van der Waals surface area contributed by atoms with Crippen LogP contribution in [0.4, 0.5) is 63.9 Å². The summed E-state index contributed by atoms with van der Waals surface area (Å²) in [4.78, 5) is 96.7. The van der Waals surface area contributed by atoms with E-state index in [-0.39, 0.29) is 23.3 Å². The molecule has 1 saturated heterocycles. The molecule has 0 saturated carbocycles. The number of methoxy groups -OCH3 is 1. The van der Waals surface area contributed by atoms with Crippen LogP contribution in [0.3, 0.4) is 0 Å². The Balaban J connectivity index is 0.000000154. The summed E-state index contributed by atoms with van der Waals surface area (Å²) in [5.74, 6) is 3.02. The molecule has 136 heavy (non-hydrogen) atoms. The van der Waals surface area contributed by atoms with Gasteiger partial charge in [-0.15, -0.1) is 0 Å². The number of ether oxygens (including phenoxy) is 1. The molecule has 1 aliphatic heterocycles. The first-order valence-corrected chi connectivity index (χ1v) is 46.9. The van der Waals surface area contributed by atoms with E-state index in [1.807, 2.05) is 275 Å². The van der Waals surface area contributed by atoms with Crippen LogP contribution in [0, 0.1) is 6.92 Å². The van der Waals surface area contributed by atoms with Crippen LogP contribution in [-0.4, -0.2) is 137 Å². The highest BCUT2D eigenvalue weighted by molar-refractivity contribution is 6.32. The van der Waals surface area contributed by atoms with Crippen molar-refractivity contribution < 1.29 is 23.9 Å². The second-order valence-corrected chi connectivity index (χ2v) is 34.5. The summed E-state index contributed by atoms with van der Waals surface area (Å²) >= 11 is 31.1. The highest BCUT2D eigenvalue weighted by atomic mass is 35.5. The van der Waals surface area contributed by atoms with Gasteiger partial charge < -0.3 is 46.4 Å². The van der Waals surface area contributed by atoms with Crippen LogP contribution in [0.15, 0.2) is 304 Å². The third kappa shape index (κ3) is 34.7. The highest BCUT2D eigenvalue weighted by Crippen LogP contribution is 2.29. The molecule has 0 spiro atoms. The van der Waals surface area contributed by atoms with E-state index in [0.717, 1.165) is 159 Å². The molecule has 0 bridgehead atoms. The molecule has 10 aromatic carbocycles. The number of ketones is 3. The van der Waals surface area contributed by atoms with Crippen molar-refractivity contribution in [2.24, 2.45) is 0 Å². The van der Waals surface area contributed by atoms with Gasteiger partial charge in [0.2, 0.25) is 35.6 Å². The van der Waals surface area contributed by atoms with Gasteiger partial charge in [0.05, 0.1) is 28.5 Å². The first kappa shape index (κ1) is 101. The first-order chi connectivity index (χ1) is 66.1. The van der Waals surface area contributed by atoms with Gasteiger partial charge >= 0.3 is 0 Å². The van der Waals surface area contributed by atoms with E-state index in [2.05, 4.69) is 111 Å². The van der Waals surface area contributed by atoms with Crippen molar-refractivity contribution in [3.63, 3.8) is 0 Å². The number of carbonyl (C=O) groups is 4. The maximum absolute atomic E-state index is 12.5. The molecule has 696 valence electrons. The summed E-state index contributed by atoms with van der Waals surface area (Å²) in [5, 5.41) is 22.4. The molecule has 5 aromatic heterocycles. The molecule has 0 atom stereocenters. The number of nitrogens with zero attached hydrogens (tertiary/aromatic N) is 12. The number of nitrogens with one attached hydrogen (secondary N) is 6. The fraction of sp³-hybridized carbons (Fsp3) is 0.222. The minimum Gasteiger partial charge on any atom is -0.385 e. The number of carbonyl (C=O) groups excluding carboxylic acids is 4. The molecule has 0 aliphatic carbocycles. The van der Waals surface area contributed by atoms with Crippen LogP contribution in [0.5, 0.6) is 0 Å². The average molecular weight is 1920 g/mol. The predicted octanol–water partition coefficient (Wildman–Crippen LogP) is 25.2. The fourth-order valence-electron chi connectivity index (χ4n) is 14.3. The van der Waals surface area contributed by atoms with E-state index in [1.54, 1.807) is 38.1 Å². The van der Waals surface area contributed by atoms with Crippen molar-refractivity contribution >= 4 is 145 Å². The number of halogens is 5. The molecule has 6 heterocycles. The van der Waals surface area contributed by atoms with Crippen molar-refractivity contribution in [3.8, 4) is 0 Å². The minimum atomic E-state index is -0.101. The van der Waals surface area contributed by atoms with Crippen molar-refractivity contribution in [1.82, 2.24) is 59.6 Å². The molecule has 1 amide bonds. The zero-order valence-electron chi connectivity index (χ0n) is 76.6. The molecule has 28 heteroatoms. The average Bonchev–Trinajstić information content (AvgIpc) is 0.758. The molecule has 0 radical (unpaired) electrons. The summed E-state index contributed by atoms with van der Waals surface area (Å²) in [6.07, 6.45) is 19.9. The second kappa shape index (κ2) is 54.1. The fourth-order valence-corrected chi connectivity index (χ4v) is 15.3. The Morgan fingerprint density at radius 1 is 0.338 bits per heavy atom. The van der Waals surface area contributed by atoms with Crippen LogP contribution in [0.1, 0.15) is 158 Å². The Labute approximate surface area is 820 Å². The molecule has 16 rings (SSSR count). The van der Waals surface area contributed by atoms with E-state index < -0.39 is 0 Å². The van der Waals surface area contributed by atoms with Gasteiger partial charge in [0.1, 0.15) is 0 Å². The molecule has 0 unspecified atom stereocenters. The molecular formula is C108H109Cl5N18O5. The lowest BCUT2D eigenvalue weighted by molar-refractivity contribution is -0.114.